The number of rotatable bonds is 5. The molecule has 1 N–H and O–H groups in total. The molecule has 7 heteroatoms. The lowest BCUT2D eigenvalue weighted by Crippen LogP contribution is -1.93. The molecule has 23 heavy (non-hydrogen) atoms. The summed E-state index contributed by atoms with van der Waals surface area (Å²) in [4.78, 5) is 4.26. The fourth-order valence-electron chi connectivity index (χ4n) is 2.03. The van der Waals surface area contributed by atoms with Gasteiger partial charge in [0.15, 0.2) is 0 Å². The Morgan fingerprint density at radius 2 is 1.83 bits per heavy atom. The van der Waals surface area contributed by atoms with Gasteiger partial charge in [-0.2, -0.15) is 4.98 Å². The quantitative estimate of drug-likeness (QED) is 0.775. The Morgan fingerprint density at radius 3 is 2.52 bits per heavy atom. The van der Waals surface area contributed by atoms with Crippen molar-refractivity contribution in [3.8, 4) is 22.9 Å². The first-order valence-corrected chi connectivity index (χ1v) is 6.78. The third-order valence-corrected chi connectivity index (χ3v) is 3.17. The Bertz CT molecular complexity index is 803. The average Bonchev–Trinajstić information content (AvgIpc) is 3.04. The summed E-state index contributed by atoms with van der Waals surface area (Å²) < 4.78 is 28.6. The number of halogens is 1. The van der Waals surface area contributed by atoms with Gasteiger partial charge in [0.25, 0.3) is 0 Å². The van der Waals surface area contributed by atoms with Gasteiger partial charge >= 0.3 is 6.01 Å². The summed E-state index contributed by atoms with van der Waals surface area (Å²) in [6.07, 6.45) is 0. The summed E-state index contributed by atoms with van der Waals surface area (Å²) in [6, 6.07) is 11.3. The van der Waals surface area contributed by atoms with E-state index in [9.17, 15) is 4.39 Å². The Balaban J connectivity index is 1.88. The normalized spacial score (nSPS) is 10.4. The molecule has 0 saturated carbocycles. The number of hydrogen-bond donors (Lipinski definition) is 1. The van der Waals surface area contributed by atoms with Crippen LogP contribution in [0.3, 0.4) is 0 Å². The summed E-state index contributed by atoms with van der Waals surface area (Å²) in [7, 11) is 3.13. The molecule has 0 unspecified atom stereocenters. The molecule has 0 amide bonds. The Labute approximate surface area is 131 Å². The number of anilines is 2. The third kappa shape index (κ3) is 3.23. The summed E-state index contributed by atoms with van der Waals surface area (Å²) >= 11 is 0. The molecule has 0 aliphatic rings. The molecule has 0 aliphatic carbocycles. The van der Waals surface area contributed by atoms with Gasteiger partial charge in [-0.3, -0.25) is 0 Å². The SMILES string of the molecule is COc1ccc(OC)c(-c2noc(Nc3ccc(F)cc3)n2)c1. The molecule has 0 aliphatic heterocycles. The number of nitrogens with one attached hydrogen (secondary N) is 1. The minimum atomic E-state index is -0.317. The second kappa shape index (κ2) is 6.35. The van der Waals surface area contributed by atoms with E-state index in [-0.39, 0.29) is 11.8 Å². The van der Waals surface area contributed by atoms with Crippen LogP contribution in [0.4, 0.5) is 16.1 Å². The molecule has 6 nitrogen and oxygen atoms in total. The molecule has 0 saturated heterocycles. The zero-order valence-electron chi connectivity index (χ0n) is 12.5. The molecule has 118 valence electrons. The second-order valence-electron chi connectivity index (χ2n) is 4.62. The topological polar surface area (TPSA) is 69.4 Å². The molecule has 0 fully saturated rings. The first kappa shape index (κ1) is 14.8. The molecule has 1 heterocycles. The lowest BCUT2D eigenvalue weighted by atomic mass is 10.2. The van der Waals surface area contributed by atoms with Gasteiger partial charge in [-0.15, -0.1) is 0 Å². The lowest BCUT2D eigenvalue weighted by molar-refractivity contribution is 0.403. The first-order chi connectivity index (χ1) is 11.2. The van der Waals surface area contributed by atoms with Crippen LogP contribution in [-0.4, -0.2) is 24.4 Å². The van der Waals surface area contributed by atoms with Gasteiger partial charge in [0.1, 0.15) is 17.3 Å². The second-order valence-corrected chi connectivity index (χ2v) is 4.62. The molecule has 0 bridgehead atoms. The van der Waals surface area contributed by atoms with Crippen molar-refractivity contribution in [2.24, 2.45) is 0 Å². The van der Waals surface area contributed by atoms with E-state index in [2.05, 4.69) is 15.5 Å². The zero-order valence-corrected chi connectivity index (χ0v) is 12.5. The van der Waals surface area contributed by atoms with Gasteiger partial charge in [0, 0.05) is 5.69 Å². The van der Waals surface area contributed by atoms with Crippen molar-refractivity contribution in [3.05, 3.63) is 48.3 Å². The monoisotopic (exact) mass is 315 g/mol. The Hall–Kier alpha value is -3.09. The molecule has 2 aromatic carbocycles. The van der Waals surface area contributed by atoms with E-state index in [1.165, 1.54) is 12.1 Å². The fraction of sp³-hybridized carbons (Fsp3) is 0.125. The van der Waals surface area contributed by atoms with Crippen LogP contribution in [0.2, 0.25) is 0 Å². The summed E-state index contributed by atoms with van der Waals surface area (Å²) in [6.45, 7) is 0. The molecular weight excluding hydrogens is 301 g/mol. The lowest BCUT2D eigenvalue weighted by Gasteiger charge is -2.07. The van der Waals surface area contributed by atoms with Crippen molar-refractivity contribution in [2.75, 3.05) is 19.5 Å². The number of ether oxygens (including phenoxy) is 2. The van der Waals surface area contributed by atoms with Gasteiger partial charge in [0.2, 0.25) is 5.82 Å². The van der Waals surface area contributed by atoms with E-state index in [1.807, 2.05) is 0 Å². The van der Waals surface area contributed by atoms with Crippen molar-refractivity contribution in [1.82, 2.24) is 10.1 Å². The summed E-state index contributed by atoms with van der Waals surface area (Å²) in [5, 5.41) is 6.83. The van der Waals surface area contributed by atoms with Crippen LogP contribution in [0, 0.1) is 5.82 Å². The van der Waals surface area contributed by atoms with Crippen LogP contribution in [0.15, 0.2) is 47.0 Å². The van der Waals surface area contributed by atoms with E-state index in [1.54, 1.807) is 44.6 Å². The highest BCUT2D eigenvalue weighted by atomic mass is 19.1. The van der Waals surface area contributed by atoms with Crippen molar-refractivity contribution in [1.29, 1.82) is 0 Å². The maximum absolute atomic E-state index is 12.9. The zero-order chi connectivity index (χ0) is 16.2. The van der Waals surface area contributed by atoms with Gasteiger partial charge in [-0.05, 0) is 42.5 Å². The van der Waals surface area contributed by atoms with Crippen LogP contribution in [0.1, 0.15) is 0 Å². The first-order valence-electron chi connectivity index (χ1n) is 6.78. The highest BCUT2D eigenvalue weighted by Crippen LogP contribution is 2.32. The van der Waals surface area contributed by atoms with E-state index in [4.69, 9.17) is 14.0 Å². The molecular formula is C16H14FN3O3. The van der Waals surface area contributed by atoms with Crippen molar-refractivity contribution in [2.45, 2.75) is 0 Å². The molecule has 1 aromatic heterocycles. The van der Waals surface area contributed by atoms with Crippen molar-refractivity contribution < 1.29 is 18.4 Å². The predicted octanol–water partition coefficient (Wildman–Crippen LogP) is 3.64. The minimum Gasteiger partial charge on any atom is -0.497 e. The van der Waals surface area contributed by atoms with E-state index in [0.29, 0.717) is 28.6 Å². The third-order valence-electron chi connectivity index (χ3n) is 3.17. The highest BCUT2D eigenvalue weighted by molar-refractivity contribution is 5.67. The molecule has 0 radical (unpaired) electrons. The maximum atomic E-state index is 12.9. The van der Waals surface area contributed by atoms with Crippen LogP contribution in [-0.2, 0) is 0 Å². The van der Waals surface area contributed by atoms with Crippen LogP contribution < -0.4 is 14.8 Å². The Kier molecular flexibility index (Phi) is 4.09. The van der Waals surface area contributed by atoms with E-state index < -0.39 is 0 Å². The smallest absolute Gasteiger partial charge is 0.326 e. The number of methoxy groups -OCH3 is 2. The maximum Gasteiger partial charge on any atom is 0.326 e. The van der Waals surface area contributed by atoms with Crippen molar-refractivity contribution >= 4 is 11.7 Å². The van der Waals surface area contributed by atoms with Gasteiger partial charge < -0.3 is 19.3 Å². The minimum absolute atomic E-state index is 0.191. The van der Waals surface area contributed by atoms with E-state index >= 15 is 0 Å². The highest BCUT2D eigenvalue weighted by Gasteiger charge is 2.14. The number of aromatic nitrogens is 2. The van der Waals surface area contributed by atoms with Crippen LogP contribution in [0.5, 0.6) is 11.5 Å². The van der Waals surface area contributed by atoms with Crippen LogP contribution >= 0.6 is 0 Å². The number of nitrogens with zero attached hydrogens (tertiary/aromatic N) is 2. The van der Waals surface area contributed by atoms with Gasteiger partial charge in [-0.1, -0.05) is 5.16 Å². The summed E-state index contributed by atoms with van der Waals surface area (Å²) in [5.74, 6) is 1.28. The molecule has 3 rings (SSSR count). The number of hydrogen-bond acceptors (Lipinski definition) is 6. The standard InChI is InChI=1S/C16H14FN3O3/c1-21-12-7-8-14(22-2)13(9-12)15-19-16(23-20-15)18-11-5-3-10(17)4-6-11/h3-9H,1-2H3,(H,18,19,20). The molecule has 0 spiro atoms. The van der Waals surface area contributed by atoms with Crippen molar-refractivity contribution in [3.63, 3.8) is 0 Å². The van der Waals surface area contributed by atoms with E-state index in [0.717, 1.165) is 0 Å². The van der Waals surface area contributed by atoms with Gasteiger partial charge in [0.05, 0.1) is 19.8 Å². The fourth-order valence-corrected chi connectivity index (χ4v) is 2.03. The summed E-state index contributed by atoms with van der Waals surface area (Å²) in [5.41, 5.74) is 1.28. The largest absolute Gasteiger partial charge is 0.497 e. The van der Waals surface area contributed by atoms with Crippen LogP contribution in [0.25, 0.3) is 11.4 Å². The average molecular weight is 315 g/mol. The van der Waals surface area contributed by atoms with Gasteiger partial charge in [-0.25, -0.2) is 4.39 Å². The molecule has 0 atom stereocenters. The number of benzene rings is 2. The Morgan fingerprint density at radius 1 is 1.04 bits per heavy atom. The predicted molar refractivity (Wildman–Crippen MR) is 82.5 cm³/mol. The molecule has 3 aromatic rings.